The molecule has 1 aromatic rings. The maximum atomic E-state index is 11.8. The average Bonchev–Trinajstić information content (AvgIpc) is 2.22. The van der Waals surface area contributed by atoms with Gasteiger partial charge in [0.05, 0.1) is 11.4 Å². The van der Waals surface area contributed by atoms with E-state index in [9.17, 15) is 4.79 Å². The monoisotopic (exact) mass is 251 g/mol. The molecule has 0 fully saturated rings. The molecule has 1 rings (SSSR count). The summed E-state index contributed by atoms with van der Waals surface area (Å²) in [4.78, 5) is 15.9. The van der Waals surface area contributed by atoms with Crippen LogP contribution >= 0.6 is 0 Å². The van der Waals surface area contributed by atoms with Crippen molar-refractivity contribution in [3.63, 3.8) is 0 Å². The van der Waals surface area contributed by atoms with Crippen LogP contribution in [0.4, 0.5) is 5.95 Å². The summed E-state index contributed by atoms with van der Waals surface area (Å²) in [6, 6.07) is -0.211. The van der Waals surface area contributed by atoms with Crippen LogP contribution in [0.1, 0.15) is 38.6 Å². The van der Waals surface area contributed by atoms with Gasteiger partial charge in [-0.1, -0.05) is 20.8 Å². The molecular formula is C12H21N5O. The lowest BCUT2D eigenvalue weighted by Crippen LogP contribution is -2.38. The van der Waals surface area contributed by atoms with E-state index in [1.165, 1.54) is 0 Å². The zero-order chi connectivity index (χ0) is 13.9. The summed E-state index contributed by atoms with van der Waals surface area (Å²) >= 11 is 0. The quantitative estimate of drug-likeness (QED) is 0.841. The van der Waals surface area contributed by atoms with Crippen molar-refractivity contribution >= 4 is 11.9 Å². The van der Waals surface area contributed by atoms with Crippen LogP contribution in [-0.4, -0.2) is 27.1 Å². The largest absolute Gasteiger partial charge is 0.327 e. The van der Waals surface area contributed by atoms with Gasteiger partial charge in [-0.3, -0.25) is 10.1 Å². The lowest BCUT2D eigenvalue weighted by molar-refractivity contribution is -0.117. The zero-order valence-corrected chi connectivity index (χ0v) is 11.6. The van der Waals surface area contributed by atoms with Gasteiger partial charge in [-0.2, -0.15) is 5.10 Å². The normalized spacial score (nSPS) is 13.2. The number of nitrogens with two attached hydrogens (primary N) is 1. The predicted octanol–water partition coefficient (Wildman–Crippen LogP) is 1.19. The molecule has 0 spiro atoms. The summed E-state index contributed by atoms with van der Waals surface area (Å²) in [5, 5.41) is 10.3. The number of anilines is 1. The van der Waals surface area contributed by atoms with Crippen LogP contribution in [0, 0.1) is 19.3 Å². The van der Waals surface area contributed by atoms with Gasteiger partial charge >= 0.3 is 0 Å². The minimum absolute atomic E-state index is 0.111. The molecule has 0 aliphatic heterocycles. The van der Waals surface area contributed by atoms with Crippen molar-refractivity contribution in [2.45, 2.75) is 47.1 Å². The minimum Gasteiger partial charge on any atom is -0.327 e. The van der Waals surface area contributed by atoms with Gasteiger partial charge in [0.25, 0.3) is 0 Å². The van der Waals surface area contributed by atoms with E-state index in [1.54, 1.807) is 0 Å². The fraction of sp³-hybridized carbons (Fsp3) is 0.667. The molecule has 3 N–H and O–H groups in total. The Labute approximate surface area is 107 Å². The first-order valence-electron chi connectivity index (χ1n) is 5.93. The molecule has 100 valence electrons. The molecule has 0 saturated carbocycles. The summed E-state index contributed by atoms with van der Waals surface area (Å²) in [5.41, 5.74) is 7.33. The third kappa shape index (κ3) is 4.03. The van der Waals surface area contributed by atoms with Crippen molar-refractivity contribution in [1.29, 1.82) is 0 Å². The summed E-state index contributed by atoms with van der Waals surface area (Å²) in [7, 11) is 0. The molecule has 0 saturated heterocycles. The molecule has 1 amide bonds. The van der Waals surface area contributed by atoms with Gasteiger partial charge in [-0.15, -0.1) is 5.10 Å². The summed E-state index contributed by atoms with van der Waals surface area (Å²) < 4.78 is 0. The third-order valence-corrected chi connectivity index (χ3v) is 2.86. The first-order valence-corrected chi connectivity index (χ1v) is 5.93. The van der Waals surface area contributed by atoms with E-state index in [1.807, 2.05) is 34.6 Å². The highest BCUT2D eigenvalue weighted by Crippen LogP contribution is 2.19. The average molecular weight is 251 g/mol. The van der Waals surface area contributed by atoms with Gasteiger partial charge < -0.3 is 5.73 Å². The number of hydrogen-bond acceptors (Lipinski definition) is 5. The van der Waals surface area contributed by atoms with Crippen LogP contribution < -0.4 is 11.1 Å². The summed E-state index contributed by atoms with van der Waals surface area (Å²) in [6.45, 7) is 9.63. The third-order valence-electron chi connectivity index (χ3n) is 2.86. The lowest BCUT2D eigenvalue weighted by Gasteiger charge is -2.26. The lowest BCUT2D eigenvalue weighted by atomic mass is 9.85. The number of aryl methyl sites for hydroxylation is 2. The Kier molecular flexibility index (Phi) is 4.34. The molecule has 1 heterocycles. The van der Waals surface area contributed by atoms with Crippen molar-refractivity contribution in [2.24, 2.45) is 11.1 Å². The van der Waals surface area contributed by atoms with Crippen molar-refractivity contribution in [3.05, 3.63) is 11.4 Å². The Morgan fingerprint density at radius 1 is 1.28 bits per heavy atom. The highest BCUT2D eigenvalue weighted by Gasteiger charge is 2.23. The van der Waals surface area contributed by atoms with Crippen LogP contribution in [0.2, 0.25) is 0 Å². The number of rotatable bonds is 3. The van der Waals surface area contributed by atoms with Crippen molar-refractivity contribution in [3.8, 4) is 0 Å². The van der Waals surface area contributed by atoms with Crippen molar-refractivity contribution in [1.82, 2.24) is 15.2 Å². The van der Waals surface area contributed by atoms with E-state index >= 15 is 0 Å². The van der Waals surface area contributed by atoms with Gasteiger partial charge in [0.2, 0.25) is 11.9 Å². The van der Waals surface area contributed by atoms with Crippen LogP contribution in [0.3, 0.4) is 0 Å². The minimum atomic E-state index is -0.211. The van der Waals surface area contributed by atoms with E-state index in [0.29, 0.717) is 0 Å². The Hall–Kier alpha value is -1.56. The molecule has 6 nitrogen and oxygen atoms in total. The maximum absolute atomic E-state index is 11.8. The van der Waals surface area contributed by atoms with Crippen molar-refractivity contribution in [2.75, 3.05) is 5.32 Å². The second kappa shape index (κ2) is 5.39. The highest BCUT2D eigenvalue weighted by atomic mass is 16.1. The van der Waals surface area contributed by atoms with E-state index < -0.39 is 0 Å². The molecule has 0 aliphatic carbocycles. The van der Waals surface area contributed by atoms with Crippen LogP contribution in [0.25, 0.3) is 0 Å². The number of hydrogen-bond donors (Lipinski definition) is 2. The van der Waals surface area contributed by atoms with Gasteiger partial charge in [-0.05, 0) is 19.3 Å². The Bertz CT molecular complexity index is 439. The number of aromatic nitrogens is 3. The molecule has 0 radical (unpaired) electrons. The first-order chi connectivity index (χ1) is 8.20. The molecule has 0 bridgehead atoms. The first kappa shape index (κ1) is 14.5. The predicted molar refractivity (Wildman–Crippen MR) is 70.0 cm³/mol. The van der Waals surface area contributed by atoms with Gasteiger partial charge in [-0.25, -0.2) is 4.98 Å². The van der Waals surface area contributed by atoms with E-state index in [2.05, 4.69) is 20.5 Å². The molecule has 0 aliphatic rings. The number of nitrogens with one attached hydrogen (secondary N) is 1. The number of nitrogens with zero attached hydrogens (tertiary/aromatic N) is 3. The van der Waals surface area contributed by atoms with Crippen LogP contribution in [0.15, 0.2) is 0 Å². The number of carbonyl (C=O) groups is 1. The molecule has 6 heteroatoms. The van der Waals surface area contributed by atoms with Crippen molar-refractivity contribution < 1.29 is 4.79 Å². The Balaban J connectivity index is 2.62. The fourth-order valence-electron chi connectivity index (χ4n) is 1.19. The molecule has 1 atom stereocenters. The maximum Gasteiger partial charge on any atom is 0.249 e. The topological polar surface area (TPSA) is 93.8 Å². The fourth-order valence-corrected chi connectivity index (χ4v) is 1.19. The highest BCUT2D eigenvalue weighted by molar-refractivity contribution is 5.89. The number of amides is 1. The SMILES string of the molecule is Cc1nnc(NC(=O)CC(N)C(C)(C)C)nc1C. The van der Waals surface area contributed by atoms with E-state index in [4.69, 9.17) is 5.73 Å². The standard InChI is InChI=1S/C12H21N5O/c1-7-8(2)16-17-11(14-7)15-10(18)6-9(13)12(3,4)5/h9H,6,13H2,1-5H3,(H,14,15,17,18). The Morgan fingerprint density at radius 2 is 1.89 bits per heavy atom. The molecular weight excluding hydrogens is 230 g/mol. The molecule has 18 heavy (non-hydrogen) atoms. The van der Waals surface area contributed by atoms with Gasteiger partial charge in [0, 0.05) is 12.5 Å². The summed E-state index contributed by atoms with van der Waals surface area (Å²) in [5.74, 6) is 0.0340. The molecule has 1 aromatic heterocycles. The number of carbonyl (C=O) groups excluding carboxylic acids is 1. The smallest absolute Gasteiger partial charge is 0.249 e. The second-order valence-corrected chi connectivity index (χ2v) is 5.53. The molecule has 0 aromatic carbocycles. The van der Waals surface area contributed by atoms with Crippen LogP contribution in [0.5, 0.6) is 0 Å². The second-order valence-electron chi connectivity index (χ2n) is 5.53. The zero-order valence-electron chi connectivity index (χ0n) is 11.6. The summed E-state index contributed by atoms with van der Waals surface area (Å²) in [6.07, 6.45) is 0.236. The van der Waals surface area contributed by atoms with Crippen LogP contribution in [-0.2, 0) is 4.79 Å². The molecule has 1 unspecified atom stereocenters. The van der Waals surface area contributed by atoms with Gasteiger partial charge in [0.1, 0.15) is 0 Å². The Morgan fingerprint density at radius 3 is 2.39 bits per heavy atom. The van der Waals surface area contributed by atoms with E-state index in [-0.39, 0.29) is 29.7 Å². The van der Waals surface area contributed by atoms with E-state index in [0.717, 1.165) is 11.4 Å². The van der Waals surface area contributed by atoms with Gasteiger partial charge in [0.15, 0.2) is 0 Å².